The van der Waals surface area contributed by atoms with Crippen LogP contribution in [0.4, 0.5) is 4.79 Å². The number of carbonyl (C=O) groups is 1. The summed E-state index contributed by atoms with van der Waals surface area (Å²) in [5.74, 6) is 1.08. The molecule has 116 valence electrons. The maximum Gasteiger partial charge on any atom is 0.440 e. The van der Waals surface area contributed by atoms with Gasteiger partial charge in [0.15, 0.2) is 5.75 Å². The Morgan fingerprint density at radius 3 is 2.50 bits per heavy atom. The third-order valence-electron chi connectivity index (χ3n) is 3.02. The average Bonchev–Trinajstić information content (AvgIpc) is 2.54. The van der Waals surface area contributed by atoms with Crippen molar-refractivity contribution in [3.8, 4) is 11.5 Å². The van der Waals surface area contributed by atoms with Crippen molar-refractivity contribution >= 4 is 6.09 Å². The van der Waals surface area contributed by atoms with E-state index in [-0.39, 0.29) is 6.54 Å². The molecule has 0 aliphatic rings. The molecule has 0 aromatic heterocycles. The summed E-state index contributed by atoms with van der Waals surface area (Å²) < 4.78 is 5.68. The fourth-order valence-electron chi connectivity index (χ4n) is 1.92. The molecule has 0 aliphatic heterocycles. The molecule has 0 aliphatic carbocycles. The molecular weight excluding hydrogens is 282 g/mol. The molecular formula is C17H19NO4. The van der Waals surface area contributed by atoms with Gasteiger partial charge in [0.05, 0.1) is 13.2 Å². The summed E-state index contributed by atoms with van der Waals surface area (Å²) in [6, 6.07) is 17.0. The van der Waals surface area contributed by atoms with Gasteiger partial charge in [-0.05, 0) is 24.6 Å². The van der Waals surface area contributed by atoms with E-state index in [0.717, 1.165) is 11.5 Å². The van der Waals surface area contributed by atoms with Crippen LogP contribution in [0.25, 0.3) is 0 Å². The molecule has 1 amide bonds. The Hall–Kier alpha value is -2.69. The van der Waals surface area contributed by atoms with Gasteiger partial charge in [-0.15, -0.1) is 5.06 Å². The van der Waals surface area contributed by atoms with Gasteiger partial charge >= 0.3 is 6.09 Å². The molecule has 5 nitrogen and oxygen atoms in total. The normalized spacial score (nSPS) is 10.0. The fourth-order valence-corrected chi connectivity index (χ4v) is 1.92. The van der Waals surface area contributed by atoms with Crippen LogP contribution in [0.5, 0.6) is 11.5 Å². The summed E-state index contributed by atoms with van der Waals surface area (Å²) in [5, 5.41) is 9.81. The van der Waals surface area contributed by atoms with Gasteiger partial charge < -0.3 is 14.7 Å². The van der Waals surface area contributed by atoms with Gasteiger partial charge in [-0.1, -0.05) is 36.4 Å². The topological polar surface area (TPSA) is 59.0 Å². The van der Waals surface area contributed by atoms with Gasteiger partial charge in [0.25, 0.3) is 0 Å². The second-order valence-corrected chi connectivity index (χ2v) is 4.63. The lowest BCUT2D eigenvalue weighted by molar-refractivity contribution is -0.0316. The molecule has 0 spiro atoms. The summed E-state index contributed by atoms with van der Waals surface area (Å²) in [5.41, 5.74) is 1.21. The molecule has 0 heterocycles. The molecule has 0 fully saturated rings. The van der Waals surface area contributed by atoms with Crippen LogP contribution in [0.15, 0.2) is 54.6 Å². The Morgan fingerprint density at radius 2 is 1.82 bits per heavy atom. The summed E-state index contributed by atoms with van der Waals surface area (Å²) in [6.07, 6.45) is -0.319. The highest BCUT2D eigenvalue weighted by molar-refractivity contribution is 5.63. The molecule has 2 aromatic carbocycles. The van der Waals surface area contributed by atoms with E-state index in [2.05, 4.69) is 12.1 Å². The van der Waals surface area contributed by atoms with Gasteiger partial charge in [0.1, 0.15) is 5.75 Å². The minimum Gasteiger partial charge on any atom is -0.493 e. The fraction of sp³-hybridized carbons (Fsp3) is 0.235. The molecule has 2 rings (SSSR count). The Bertz CT molecular complexity index is 601. The molecule has 2 aromatic rings. The van der Waals surface area contributed by atoms with Crippen molar-refractivity contribution in [1.29, 1.82) is 0 Å². The molecule has 0 bridgehead atoms. The average molecular weight is 301 g/mol. The standard InChI is InChI=1S/C17H19NO4/c1-2-18(17(19)20)22-16-10-6-9-15(13-16)21-12-11-14-7-4-3-5-8-14/h3-10,13H,2,11-12H2,1H3,(H,19,20). The molecule has 22 heavy (non-hydrogen) atoms. The van der Waals surface area contributed by atoms with E-state index in [1.165, 1.54) is 5.56 Å². The minimum atomic E-state index is -1.13. The zero-order valence-electron chi connectivity index (χ0n) is 12.4. The Labute approximate surface area is 129 Å². The number of carboxylic acid groups (broad SMARTS) is 1. The smallest absolute Gasteiger partial charge is 0.440 e. The van der Waals surface area contributed by atoms with Crippen LogP contribution < -0.4 is 9.57 Å². The number of nitrogens with zero attached hydrogens (tertiary/aromatic N) is 1. The molecule has 0 atom stereocenters. The van der Waals surface area contributed by atoms with E-state index in [1.54, 1.807) is 25.1 Å². The number of benzene rings is 2. The third kappa shape index (κ3) is 4.70. The van der Waals surface area contributed by atoms with Crippen molar-refractivity contribution in [2.24, 2.45) is 0 Å². The third-order valence-corrected chi connectivity index (χ3v) is 3.02. The van der Waals surface area contributed by atoms with Crippen molar-refractivity contribution in [3.05, 3.63) is 60.2 Å². The van der Waals surface area contributed by atoms with E-state index in [0.29, 0.717) is 18.1 Å². The van der Waals surface area contributed by atoms with Crippen LogP contribution in [-0.4, -0.2) is 29.4 Å². The first-order valence-corrected chi connectivity index (χ1v) is 7.14. The quantitative estimate of drug-likeness (QED) is 0.794. The largest absolute Gasteiger partial charge is 0.493 e. The summed E-state index contributed by atoms with van der Waals surface area (Å²) >= 11 is 0. The number of hydrogen-bond donors (Lipinski definition) is 1. The maximum absolute atomic E-state index is 10.9. The number of rotatable bonds is 7. The highest BCUT2D eigenvalue weighted by Gasteiger charge is 2.11. The second kappa shape index (κ2) is 7.93. The maximum atomic E-state index is 10.9. The van der Waals surface area contributed by atoms with E-state index >= 15 is 0 Å². The highest BCUT2D eigenvalue weighted by atomic mass is 16.7. The molecule has 0 unspecified atom stereocenters. The van der Waals surface area contributed by atoms with Crippen molar-refractivity contribution in [1.82, 2.24) is 5.06 Å². The van der Waals surface area contributed by atoms with Gasteiger partial charge in [-0.2, -0.15) is 0 Å². The first-order chi connectivity index (χ1) is 10.7. The number of ether oxygens (including phenoxy) is 1. The van der Waals surface area contributed by atoms with Crippen LogP contribution in [-0.2, 0) is 6.42 Å². The first-order valence-electron chi connectivity index (χ1n) is 7.14. The minimum absolute atomic E-state index is 0.244. The molecule has 0 saturated heterocycles. The van der Waals surface area contributed by atoms with Crippen LogP contribution >= 0.6 is 0 Å². The SMILES string of the molecule is CCN(Oc1cccc(OCCc2ccccc2)c1)C(=O)O. The van der Waals surface area contributed by atoms with Gasteiger partial charge in [-0.3, -0.25) is 0 Å². The molecule has 5 heteroatoms. The van der Waals surface area contributed by atoms with Crippen molar-refractivity contribution in [2.75, 3.05) is 13.2 Å². The summed E-state index contributed by atoms with van der Waals surface area (Å²) in [7, 11) is 0. The van der Waals surface area contributed by atoms with Crippen LogP contribution in [0.2, 0.25) is 0 Å². The van der Waals surface area contributed by atoms with E-state index in [9.17, 15) is 4.79 Å². The Kier molecular flexibility index (Phi) is 5.65. The van der Waals surface area contributed by atoms with Crippen molar-refractivity contribution in [2.45, 2.75) is 13.3 Å². The predicted molar refractivity (Wildman–Crippen MR) is 83.1 cm³/mol. The number of hydrogen-bond acceptors (Lipinski definition) is 3. The lowest BCUT2D eigenvalue weighted by atomic mass is 10.2. The van der Waals surface area contributed by atoms with Crippen molar-refractivity contribution < 1.29 is 19.5 Å². The van der Waals surface area contributed by atoms with Crippen LogP contribution in [0.1, 0.15) is 12.5 Å². The van der Waals surface area contributed by atoms with E-state index in [4.69, 9.17) is 14.7 Å². The Morgan fingerprint density at radius 1 is 1.09 bits per heavy atom. The number of amides is 1. The predicted octanol–water partition coefficient (Wildman–Crippen LogP) is 3.60. The van der Waals surface area contributed by atoms with Crippen LogP contribution in [0, 0.1) is 0 Å². The monoisotopic (exact) mass is 301 g/mol. The highest BCUT2D eigenvalue weighted by Crippen LogP contribution is 2.20. The lowest BCUT2D eigenvalue weighted by Crippen LogP contribution is -2.32. The van der Waals surface area contributed by atoms with Crippen molar-refractivity contribution in [3.63, 3.8) is 0 Å². The lowest BCUT2D eigenvalue weighted by Gasteiger charge is -2.17. The number of hydroxylamine groups is 2. The van der Waals surface area contributed by atoms with Gasteiger partial charge in [-0.25, -0.2) is 4.79 Å². The van der Waals surface area contributed by atoms with E-state index < -0.39 is 6.09 Å². The first kappa shape index (κ1) is 15.7. The molecule has 1 N–H and O–H groups in total. The van der Waals surface area contributed by atoms with Crippen LogP contribution in [0.3, 0.4) is 0 Å². The summed E-state index contributed by atoms with van der Waals surface area (Å²) in [6.45, 7) is 2.49. The second-order valence-electron chi connectivity index (χ2n) is 4.63. The molecule has 0 radical (unpaired) electrons. The van der Waals surface area contributed by atoms with Gasteiger partial charge in [0, 0.05) is 12.5 Å². The molecule has 0 saturated carbocycles. The van der Waals surface area contributed by atoms with Gasteiger partial charge in [0.2, 0.25) is 0 Å². The van der Waals surface area contributed by atoms with E-state index in [1.807, 2.05) is 24.3 Å². The Balaban J connectivity index is 1.89. The zero-order chi connectivity index (χ0) is 15.8. The zero-order valence-corrected chi connectivity index (χ0v) is 12.4. The summed E-state index contributed by atoms with van der Waals surface area (Å²) in [4.78, 5) is 16.2.